The van der Waals surface area contributed by atoms with Gasteiger partial charge in [0, 0.05) is 0 Å². The maximum absolute atomic E-state index is 14.5. The summed E-state index contributed by atoms with van der Waals surface area (Å²) in [6, 6.07) is 9.01. The van der Waals surface area contributed by atoms with Gasteiger partial charge in [-0.25, -0.2) is 13.2 Å². The van der Waals surface area contributed by atoms with Gasteiger partial charge in [-0.1, -0.05) is 37.6 Å². The Hall–Kier alpha value is -1.81. The van der Waals surface area contributed by atoms with Crippen molar-refractivity contribution in [1.82, 2.24) is 0 Å². The third kappa shape index (κ3) is 4.69. The van der Waals surface area contributed by atoms with E-state index >= 15 is 0 Å². The van der Waals surface area contributed by atoms with Crippen molar-refractivity contribution in [3.05, 3.63) is 70.0 Å². The first kappa shape index (κ1) is 20.5. The summed E-state index contributed by atoms with van der Waals surface area (Å²) in [4.78, 5) is 0. The maximum Gasteiger partial charge on any atom is 0.162 e. The highest BCUT2D eigenvalue weighted by molar-refractivity contribution is 5.30. The second-order valence-electron chi connectivity index (χ2n) is 8.62. The van der Waals surface area contributed by atoms with E-state index in [9.17, 15) is 13.2 Å². The summed E-state index contributed by atoms with van der Waals surface area (Å²) in [7, 11) is 0. The SMILES string of the molecule is CCCc1ccc(CCC2CCC(c3ccc(C4CO4)cc3F)CC2)c(F)c1F. The molecule has 0 aromatic heterocycles. The molecule has 4 heteroatoms. The van der Waals surface area contributed by atoms with E-state index in [0.717, 1.165) is 49.7 Å². The first-order valence-corrected chi connectivity index (χ1v) is 10.9. The van der Waals surface area contributed by atoms with Gasteiger partial charge in [-0.05, 0) is 85.1 Å². The smallest absolute Gasteiger partial charge is 0.162 e. The molecule has 1 unspecified atom stereocenters. The van der Waals surface area contributed by atoms with Gasteiger partial charge in [0.2, 0.25) is 0 Å². The number of benzene rings is 2. The maximum atomic E-state index is 14.5. The minimum absolute atomic E-state index is 0.0792. The number of epoxide rings is 1. The quantitative estimate of drug-likeness (QED) is 0.453. The van der Waals surface area contributed by atoms with Crippen LogP contribution in [0.4, 0.5) is 13.2 Å². The molecule has 2 aromatic rings. The molecule has 0 N–H and O–H groups in total. The standard InChI is InChI=1S/C25H29F3O/c1-2-3-18-10-11-19(25(28)24(18)27)9-6-16-4-7-17(8-5-16)21-13-12-20(14-22(21)26)23-15-29-23/h10-14,16-17,23H,2-9,15H2,1H3. The topological polar surface area (TPSA) is 12.5 Å². The second kappa shape index (κ2) is 8.91. The predicted octanol–water partition coefficient (Wildman–Crippen LogP) is 7.03. The van der Waals surface area contributed by atoms with Crippen LogP contribution in [-0.4, -0.2) is 6.61 Å². The molecule has 2 aromatic carbocycles. The van der Waals surface area contributed by atoms with Gasteiger partial charge in [-0.3, -0.25) is 0 Å². The zero-order valence-electron chi connectivity index (χ0n) is 17.0. The van der Waals surface area contributed by atoms with Crippen molar-refractivity contribution < 1.29 is 17.9 Å². The normalized spacial score (nSPS) is 23.9. The number of aryl methyl sites for hydroxylation is 2. The van der Waals surface area contributed by atoms with Crippen LogP contribution in [0.1, 0.15) is 79.7 Å². The molecule has 0 amide bonds. The third-order valence-corrected chi connectivity index (χ3v) is 6.60. The van der Waals surface area contributed by atoms with Crippen molar-refractivity contribution in [3.8, 4) is 0 Å². The summed E-state index contributed by atoms with van der Waals surface area (Å²) in [6.07, 6.45) is 6.79. The average Bonchev–Trinajstić information content (AvgIpc) is 3.57. The lowest BCUT2D eigenvalue weighted by Crippen LogP contribution is -2.15. The number of halogens is 3. The van der Waals surface area contributed by atoms with Crippen molar-refractivity contribution in [2.24, 2.45) is 5.92 Å². The third-order valence-electron chi connectivity index (χ3n) is 6.60. The van der Waals surface area contributed by atoms with E-state index in [2.05, 4.69) is 0 Å². The molecule has 29 heavy (non-hydrogen) atoms. The molecule has 0 spiro atoms. The Labute approximate surface area is 171 Å². The number of rotatable bonds is 7. The molecule has 4 rings (SSSR count). The highest BCUT2D eigenvalue weighted by Crippen LogP contribution is 2.40. The molecule has 1 saturated heterocycles. The Morgan fingerprint density at radius 1 is 0.897 bits per heavy atom. The monoisotopic (exact) mass is 402 g/mol. The fraction of sp³-hybridized carbons (Fsp3) is 0.520. The average molecular weight is 403 g/mol. The van der Waals surface area contributed by atoms with Gasteiger partial charge in [-0.15, -0.1) is 0 Å². The highest BCUT2D eigenvalue weighted by atomic mass is 19.2. The zero-order valence-corrected chi connectivity index (χ0v) is 17.0. The van der Waals surface area contributed by atoms with Crippen LogP contribution in [0.5, 0.6) is 0 Å². The van der Waals surface area contributed by atoms with Gasteiger partial charge in [0.05, 0.1) is 6.61 Å². The van der Waals surface area contributed by atoms with Crippen molar-refractivity contribution in [1.29, 1.82) is 0 Å². The van der Waals surface area contributed by atoms with Crippen LogP contribution in [-0.2, 0) is 17.6 Å². The Balaban J connectivity index is 1.31. The van der Waals surface area contributed by atoms with Crippen molar-refractivity contribution in [3.63, 3.8) is 0 Å². The lowest BCUT2D eigenvalue weighted by molar-refractivity contribution is 0.305. The van der Waals surface area contributed by atoms with Gasteiger partial charge < -0.3 is 4.74 Å². The van der Waals surface area contributed by atoms with E-state index in [1.807, 2.05) is 19.1 Å². The summed E-state index contributed by atoms with van der Waals surface area (Å²) < 4.78 is 48.2. The minimum atomic E-state index is -0.677. The molecular formula is C25H29F3O. The molecular weight excluding hydrogens is 373 g/mol. The first-order valence-electron chi connectivity index (χ1n) is 10.9. The van der Waals surface area contributed by atoms with Gasteiger partial charge in [0.15, 0.2) is 11.6 Å². The van der Waals surface area contributed by atoms with Crippen molar-refractivity contribution in [2.75, 3.05) is 6.61 Å². The highest BCUT2D eigenvalue weighted by Gasteiger charge is 2.28. The predicted molar refractivity (Wildman–Crippen MR) is 108 cm³/mol. The van der Waals surface area contributed by atoms with Crippen LogP contribution in [0.15, 0.2) is 30.3 Å². The van der Waals surface area contributed by atoms with E-state index in [1.165, 1.54) is 0 Å². The molecule has 1 aliphatic carbocycles. The van der Waals surface area contributed by atoms with Crippen LogP contribution in [0.3, 0.4) is 0 Å². The molecule has 2 aliphatic rings. The Morgan fingerprint density at radius 3 is 2.14 bits per heavy atom. The van der Waals surface area contributed by atoms with E-state index in [1.54, 1.807) is 18.2 Å². The summed E-state index contributed by atoms with van der Waals surface area (Å²) in [5.41, 5.74) is 2.69. The largest absolute Gasteiger partial charge is 0.368 e. The molecule has 1 aliphatic heterocycles. The van der Waals surface area contributed by atoms with Crippen LogP contribution >= 0.6 is 0 Å². The van der Waals surface area contributed by atoms with Crippen molar-refractivity contribution >= 4 is 0 Å². The van der Waals surface area contributed by atoms with Crippen LogP contribution in [0.2, 0.25) is 0 Å². The van der Waals surface area contributed by atoms with E-state index in [0.29, 0.717) is 36.5 Å². The molecule has 1 heterocycles. The molecule has 0 radical (unpaired) electrons. The molecule has 1 saturated carbocycles. The van der Waals surface area contributed by atoms with Crippen LogP contribution in [0, 0.1) is 23.4 Å². The van der Waals surface area contributed by atoms with E-state index < -0.39 is 11.6 Å². The Bertz CT molecular complexity index is 851. The first-order chi connectivity index (χ1) is 14.1. The lowest BCUT2D eigenvalue weighted by atomic mass is 9.76. The van der Waals surface area contributed by atoms with E-state index in [4.69, 9.17) is 4.74 Å². The van der Waals surface area contributed by atoms with Gasteiger partial charge >= 0.3 is 0 Å². The van der Waals surface area contributed by atoms with E-state index in [-0.39, 0.29) is 17.8 Å². The number of hydrogen-bond donors (Lipinski definition) is 0. The Morgan fingerprint density at radius 2 is 1.55 bits per heavy atom. The number of hydrogen-bond acceptors (Lipinski definition) is 1. The Kier molecular flexibility index (Phi) is 6.29. The molecule has 1 nitrogen and oxygen atoms in total. The number of ether oxygens (including phenoxy) is 1. The van der Waals surface area contributed by atoms with Crippen molar-refractivity contribution in [2.45, 2.75) is 70.3 Å². The zero-order chi connectivity index (χ0) is 20.4. The van der Waals surface area contributed by atoms with Crippen LogP contribution < -0.4 is 0 Å². The summed E-state index contributed by atoms with van der Waals surface area (Å²) in [6.45, 7) is 2.65. The van der Waals surface area contributed by atoms with Gasteiger partial charge in [0.1, 0.15) is 11.9 Å². The fourth-order valence-corrected chi connectivity index (χ4v) is 4.72. The second-order valence-corrected chi connectivity index (χ2v) is 8.62. The molecule has 1 atom stereocenters. The summed E-state index contributed by atoms with van der Waals surface area (Å²) in [5.74, 6) is -0.727. The van der Waals surface area contributed by atoms with Gasteiger partial charge in [-0.2, -0.15) is 0 Å². The fourth-order valence-electron chi connectivity index (χ4n) is 4.72. The summed E-state index contributed by atoms with van der Waals surface area (Å²) in [5, 5.41) is 0. The van der Waals surface area contributed by atoms with Crippen LogP contribution in [0.25, 0.3) is 0 Å². The van der Waals surface area contributed by atoms with Gasteiger partial charge in [0.25, 0.3) is 0 Å². The molecule has 0 bridgehead atoms. The molecule has 156 valence electrons. The molecule has 2 fully saturated rings. The summed E-state index contributed by atoms with van der Waals surface area (Å²) >= 11 is 0. The lowest BCUT2D eigenvalue weighted by Gasteiger charge is -2.29. The minimum Gasteiger partial charge on any atom is -0.368 e.